The van der Waals surface area contributed by atoms with E-state index in [-0.39, 0.29) is 16.3 Å². The molecule has 1 aromatic carbocycles. The molecule has 0 saturated heterocycles. The second-order valence-electron chi connectivity index (χ2n) is 4.12. The molecule has 0 bridgehead atoms. The van der Waals surface area contributed by atoms with Gasteiger partial charge in [0, 0.05) is 29.9 Å². The highest BCUT2D eigenvalue weighted by Crippen LogP contribution is 2.42. The average Bonchev–Trinajstić information content (AvgIpc) is 2.74. The van der Waals surface area contributed by atoms with Gasteiger partial charge in [-0.05, 0) is 17.9 Å². The summed E-state index contributed by atoms with van der Waals surface area (Å²) in [6.07, 6.45) is -1.66. The SMILES string of the molecule is CCSc1cc(F)cc(C(F)(F)F)c1-c1nccn1C. The van der Waals surface area contributed by atoms with Gasteiger partial charge in [-0.2, -0.15) is 13.2 Å². The number of aryl methyl sites for hydroxylation is 1. The number of halogens is 4. The highest BCUT2D eigenvalue weighted by atomic mass is 32.2. The van der Waals surface area contributed by atoms with Crippen LogP contribution in [-0.2, 0) is 13.2 Å². The van der Waals surface area contributed by atoms with E-state index in [2.05, 4.69) is 4.98 Å². The Morgan fingerprint density at radius 1 is 1.30 bits per heavy atom. The smallest absolute Gasteiger partial charge is 0.334 e. The van der Waals surface area contributed by atoms with Gasteiger partial charge in [-0.3, -0.25) is 0 Å². The van der Waals surface area contributed by atoms with Crippen LogP contribution in [0.4, 0.5) is 17.6 Å². The molecule has 20 heavy (non-hydrogen) atoms. The van der Waals surface area contributed by atoms with Crippen LogP contribution in [0, 0.1) is 5.82 Å². The molecular formula is C13H12F4N2S. The van der Waals surface area contributed by atoms with Gasteiger partial charge in [-0.1, -0.05) is 6.92 Å². The summed E-state index contributed by atoms with van der Waals surface area (Å²) < 4.78 is 54.4. The normalized spacial score (nSPS) is 11.9. The molecule has 7 heteroatoms. The van der Waals surface area contributed by atoms with E-state index in [1.807, 2.05) is 0 Å². The maximum Gasteiger partial charge on any atom is 0.417 e. The number of rotatable bonds is 3. The molecule has 108 valence electrons. The van der Waals surface area contributed by atoms with Crippen molar-refractivity contribution < 1.29 is 17.6 Å². The number of thioether (sulfide) groups is 1. The Labute approximate surface area is 117 Å². The lowest BCUT2D eigenvalue weighted by Crippen LogP contribution is -2.10. The summed E-state index contributed by atoms with van der Waals surface area (Å²) in [7, 11) is 1.60. The molecule has 1 heterocycles. The van der Waals surface area contributed by atoms with Gasteiger partial charge in [0.15, 0.2) is 0 Å². The van der Waals surface area contributed by atoms with E-state index in [0.717, 1.165) is 17.8 Å². The van der Waals surface area contributed by atoms with Crippen LogP contribution in [0.1, 0.15) is 12.5 Å². The van der Waals surface area contributed by atoms with E-state index in [4.69, 9.17) is 0 Å². The Morgan fingerprint density at radius 3 is 2.50 bits per heavy atom. The van der Waals surface area contributed by atoms with E-state index in [1.165, 1.54) is 10.8 Å². The zero-order chi connectivity index (χ0) is 14.9. The number of alkyl halides is 3. The maximum atomic E-state index is 13.5. The number of nitrogens with zero attached hydrogens (tertiary/aromatic N) is 2. The minimum Gasteiger partial charge on any atom is -0.334 e. The molecule has 2 nitrogen and oxygen atoms in total. The first-order valence-corrected chi connectivity index (χ1v) is 6.84. The van der Waals surface area contributed by atoms with Crippen LogP contribution in [0.25, 0.3) is 11.4 Å². The van der Waals surface area contributed by atoms with Gasteiger partial charge >= 0.3 is 6.18 Å². The summed E-state index contributed by atoms with van der Waals surface area (Å²) in [6, 6.07) is 1.64. The van der Waals surface area contributed by atoms with Gasteiger partial charge in [0.05, 0.1) is 5.56 Å². The van der Waals surface area contributed by atoms with Gasteiger partial charge in [0.1, 0.15) is 11.6 Å². The molecule has 0 aliphatic carbocycles. The van der Waals surface area contributed by atoms with E-state index in [0.29, 0.717) is 11.8 Å². The predicted octanol–water partition coefficient (Wildman–Crippen LogP) is 4.36. The molecule has 2 aromatic rings. The van der Waals surface area contributed by atoms with Gasteiger partial charge in [0.2, 0.25) is 0 Å². The summed E-state index contributed by atoms with van der Waals surface area (Å²) in [5.74, 6) is -0.183. The topological polar surface area (TPSA) is 17.8 Å². The third-order valence-electron chi connectivity index (χ3n) is 2.72. The van der Waals surface area contributed by atoms with Crippen molar-refractivity contribution in [1.82, 2.24) is 9.55 Å². The Hall–Kier alpha value is -1.50. The summed E-state index contributed by atoms with van der Waals surface area (Å²) in [4.78, 5) is 4.20. The van der Waals surface area contributed by atoms with Gasteiger partial charge in [0.25, 0.3) is 0 Å². The second kappa shape index (κ2) is 5.47. The first kappa shape index (κ1) is 14.9. The maximum absolute atomic E-state index is 13.5. The van der Waals surface area contributed by atoms with Crippen molar-refractivity contribution in [3.8, 4) is 11.4 Å². The average molecular weight is 304 g/mol. The number of hydrogen-bond acceptors (Lipinski definition) is 2. The monoisotopic (exact) mass is 304 g/mol. The van der Waals surface area contributed by atoms with Crippen LogP contribution >= 0.6 is 11.8 Å². The molecule has 0 aliphatic rings. The van der Waals surface area contributed by atoms with Crippen LogP contribution in [-0.4, -0.2) is 15.3 Å². The molecule has 0 aliphatic heterocycles. The minimum absolute atomic E-state index is 0.0711. The van der Waals surface area contributed by atoms with Crippen molar-refractivity contribution >= 4 is 11.8 Å². The lowest BCUT2D eigenvalue weighted by Gasteiger charge is -2.16. The fraction of sp³-hybridized carbons (Fsp3) is 0.308. The van der Waals surface area contributed by atoms with Crippen LogP contribution in [0.2, 0.25) is 0 Å². The summed E-state index contributed by atoms with van der Waals surface area (Å²) in [5.41, 5.74) is -1.07. The number of imidazole rings is 1. The zero-order valence-electron chi connectivity index (χ0n) is 10.8. The lowest BCUT2D eigenvalue weighted by molar-refractivity contribution is -0.137. The molecule has 0 radical (unpaired) electrons. The fourth-order valence-electron chi connectivity index (χ4n) is 1.91. The van der Waals surface area contributed by atoms with E-state index < -0.39 is 17.6 Å². The minimum atomic E-state index is -4.63. The first-order chi connectivity index (χ1) is 9.34. The largest absolute Gasteiger partial charge is 0.417 e. The van der Waals surface area contributed by atoms with E-state index in [9.17, 15) is 17.6 Å². The molecule has 1 aromatic heterocycles. The number of aromatic nitrogens is 2. The molecule has 0 unspecified atom stereocenters. The van der Waals surface area contributed by atoms with Crippen molar-refractivity contribution in [3.05, 3.63) is 35.9 Å². The van der Waals surface area contributed by atoms with Gasteiger partial charge in [-0.25, -0.2) is 9.37 Å². The van der Waals surface area contributed by atoms with Crippen molar-refractivity contribution in [1.29, 1.82) is 0 Å². The fourth-order valence-corrected chi connectivity index (χ4v) is 2.76. The Bertz CT molecular complexity index is 619. The van der Waals surface area contributed by atoms with E-state index >= 15 is 0 Å². The third kappa shape index (κ3) is 2.82. The highest BCUT2D eigenvalue weighted by Gasteiger charge is 2.36. The summed E-state index contributed by atoms with van der Waals surface area (Å²) in [5, 5.41) is 0. The summed E-state index contributed by atoms with van der Waals surface area (Å²) in [6.45, 7) is 1.80. The Morgan fingerprint density at radius 2 is 2.00 bits per heavy atom. The number of benzene rings is 1. The first-order valence-electron chi connectivity index (χ1n) is 5.85. The molecular weight excluding hydrogens is 292 g/mol. The second-order valence-corrected chi connectivity index (χ2v) is 5.42. The van der Waals surface area contributed by atoms with E-state index in [1.54, 1.807) is 20.2 Å². The quantitative estimate of drug-likeness (QED) is 0.619. The van der Waals surface area contributed by atoms with Gasteiger partial charge in [-0.15, -0.1) is 11.8 Å². The molecule has 0 saturated carbocycles. The standard InChI is InChI=1S/C13H12F4N2S/c1-3-20-10-7-8(14)6-9(13(15,16)17)11(10)12-18-4-5-19(12)2/h4-7H,3H2,1-2H3. The molecule has 2 rings (SSSR count). The van der Waals surface area contributed by atoms with Crippen molar-refractivity contribution in [2.75, 3.05) is 5.75 Å². The van der Waals surface area contributed by atoms with Crippen LogP contribution in [0.5, 0.6) is 0 Å². The molecule has 0 amide bonds. The lowest BCUT2D eigenvalue weighted by atomic mass is 10.1. The molecule has 0 atom stereocenters. The predicted molar refractivity (Wildman–Crippen MR) is 70.0 cm³/mol. The molecule has 0 fully saturated rings. The number of hydrogen-bond donors (Lipinski definition) is 0. The van der Waals surface area contributed by atoms with Gasteiger partial charge < -0.3 is 4.57 Å². The zero-order valence-corrected chi connectivity index (χ0v) is 11.6. The highest BCUT2D eigenvalue weighted by molar-refractivity contribution is 7.99. The van der Waals surface area contributed by atoms with Crippen LogP contribution < -0.4 is 0 Å². The third-order valence-corrected chi connectivity index (χ3v) is 3.64. The van der Waals surface area contributed by atoms with Crippen molar-refractivity contribution in [2.45, 2.75) is 18.0 Å². The summed E-state index contributed by atoms with van der Waals surface area (Å²) >= 11 is 1.16. The molecule has 0 spiro atoms. The Balaban J connectivity index is 2.77. The van der Waals surface area contributed by atoms with Crippen LogP contribution in [0.3, 0.4) is 0 Å². The van der Waals surface area contributed by atoms with Crippen LogP contribution in [0.15, 0.2) is 29.4 Å². The van der Waals surface area contributed by atoms with Crippen molar-refractivity contribution in [2.24, 2.45) is 7.05 Å². The Kier molecular flexibility index (Phi) is 4.08. The molecule has 0 N–H and O–H groups in total. The van der Waals surface area contributed by atoms with Crippen molar-refractivity contribution in [3.63, 3.8) is 0 Å².